The van der Waals surface area contributed by atoms with Gasteiger partial charge in [0.05, 0.1) is 30.6 Å². The second-order valence-electron chi connectivity index (χ2n) is 8.92. The number of hydrogen-bond acceptors (Lipinski definition) is 6. The molecule has 1 amide bonds. The smallest absolute Gasteiger partial charge is 0.241 e. The Morgan fingerprint density at radius 2 is 1.45 bits per heavy atom. The summed E-state index contributed by atoms with van der Waals surface area (Å²) in [5.41, 5.74) is 4.42. The van der Waals surface area contributed by atoms with Crippen LogP contribution in [0.2, 0.25) is 0 Å². The molecule has 0 saturated carbocycles. The molecule has 1 aliphatic heterocycles. The Hall–Kier alpha value is -3.88. The Morgan fingerprint density at radius 3 is 2.02 bits per heavy atom. The van der Waals surface area contributed by atoms with Gasteiger partial charge in [0.2, 0.25) is 18.2 Å². The number of aromatic nitrogens is 1. The molecular weight excluding hydrogens is 570 g/mol. The molecule has 0 atom stereocenters. The van der Waals surface area contributed by atoms with Crippen LogP contribution in [0.5, 0.6) is 11.8 Å². The lowest BCUT2D eigenvalue weighted by Crippen LogP contribution is -2.49. The zero-order valence-corrected chi connectivity index (χ0v) is 24.6. The van der Waals surface area contributed by atoms with Crippen molar-refractivity contribution in [3.8, 4) is 11.8 Å². The number of nitrogens with zero attached hydrogens (tertiary/aromatic N) is 3. The molecule has 0 N–H and O–H groups in total. The Kier molecular flexibility index (Phi) is 10.5. The third-order valence-electron chi connectivity index (χ3n) is 6.33. The Labute approximate surface area is 244 Å². The summed E-state index contributed by atoms with van der Waals surface area (Å²) in [7, 11) is 1.93. The maximum absolute atomic E-state index is 12.1. The van der Waals surface area contributed by atoms with Crippen LogP contribution in [0.25, 0.3) is 0 Å². The van der Waals surface area contributed by atoms with Crippen molar-refractivity contribution in [1.29, 1.82) is 0 Å². The summed E-state index contributed by atoms with van der Waals surface area (Å²) in [4.78, 5) is 20.5. The maximum Gasteiger partial charge on any atom is 0.241 e. The minimum absolute atomic E-state index is 0.00496. The van der Waals surface area contributed by atoms with Crippen molar-refractivity contribution < 1.29 is 19.0 Å². The van der Waals surface area contributed by atoms with Gasteiger partial charge in [0.15, 0.2) is 0 Å². The molecule has 3 aromatic carbocycles. The number of carbonyl (C=O) groups is 1. The van der Waals surface area contributed by atoms with E-state index >= 15 is 0 Å². The van der Waals surface area contributed by atoms with E-state index in [2.05, 4.69) is 15.9 Å². The third kappa shape index (κ3) is 7.20. The molecule has 0 aliphatic carbocycles. The summed E-state index contributed by atoms with van der Waals surface area (Å²) < 4.78 is 18.5. The fraction of sp³-hybridized carbons (Fsp3) is 0.250. The summed E-state index contributed by atoms with van der Waals surface area (Å²) >= 11 is 3.55. The van der Waals surface area contributed by atoms with Crippen LogP contribution in [0, 0.1) is 0 Å². The fourth-order valence-corrected chi connectivity index (χ4v) is 4.50. The van der Waals surface area contributed by atoms with E-state index < -0.39 is 0 Å². The minimum atomic E-state index is -0.00496. The number of anilines is 3. The van der Waals surface area contributed by atoms with Gasteiger partial charge in [-0.25, -0.2) is 0 Å². The summed E-state index contributed by atoms with van der Waals surface area (Å²) in [6.45, 7) is 5.77. The van der Waals surface area contributed by atoms with Gasteiger partial charge in [-0.05, 0) is 35.4 Å². The van der Waals surface area contributed by atoms with E-state index in [1.165, 1.54) is 0 Å². The van der Waals surface area contributed by atoms with Gasteiger partial charge in [0.1, 0.15) is 18.9 Å². The Bertz CT molecular complexity index is 1370. The molecule has 7 nitrogen and oxygen atoms in total. The topological polar surface area (TPSA) is 64.1 Å². The van der Waals surface area contributed by atoms with Crippen LogP contribution in [0.3, 0.4) is 0 Å². The van der Waals surface area contributed by atoms with E-state index in [4.69, 9.17) is 19.2 Å². The second-order valence-corrected chi connectivity index (χ2v) is 9.83. The van der Waals surface area contributed by atoms with Crippen LogP contribution in [0.1, 0.15) is 25.0 Å². The first-order valence-electron chi connectivity index (χ1n) is 13.3. The maximum atomic E-state index is 12.1. The third-order valence-corrected chi connectivity index (χ3v) is 6.82. The molecule has 1 saturated heterocycles. The molecule has 208 valence electrons. The number of carbonyl (C=O) groups excluding carboxylic acids is 1. The summed E-state index contributed by atoms with van der Waals surface area (Å²) in [6, 6.07) is 29.5. The van der Waals surface area contributed by atoms with Crippen molar-refractivity contribution in [2.75, 3.05) is 30.1 Å². The van der Waals surface area contributed by atoms with Gasteiger partial charge in [-0.3, -0.25) is 4.79 Å². The number of rotatable bonds is 11. The first kappa shape index (κ1) is 29.1. The van der Waals surface area contributed by atoms with Crippen LogP contribution in [-0.2, 0) is 22.7 Å². The molecule has 0 unspecified atom stereocenters. The van der Waals surface area contributed by atoms with Crippen molar-refractivity contribution in [3.63, 3.8) is 0 Å². The zero-order valence-electron chi connectivity index (χ0n) is 23.0. The molecule has 1 aromatic heterocycles. The van der Waals surface area contributed by atoms with Gasteiger partial charge in [-0.15, -0.1) is 0 Å². The highest BCUT2D eigenvalue weighted by Crippen LogP contribution is 2.40. The lowest BCUT2D eigenvalue weighted by molar-refractivity contribution is -0.110. The van der Waals surface area contributed by atoms with Crippen molar-refractivity contribution in [2.24, 2.45) is 0 Å². The number of ether oxygens (including phenoxy) is 3. The molecule has 0 bridgehead atoms. The Morgan fingerprint density at radius 1 is 0.850 bits per heavy atom. The molecule has 8 heteroatoms. The van der Waals surface area contributed by atoms with E-state index in [0.717, 1.165) is 39.1 Å². The first-order valence-corrected chi connectivity index (χ1v) is 14.1. The lowest BCUT2D eigenvalue weighted by Gasteiger charge is -2.37. The van der Waals surface area contributed by atoms with Crippen molar-refractivity contribution in [1.82, 2.24) is 4.98 Å². The molecule has 1 aliphatic rings. The van der Waals surface area contributed by atoms with Gasteiger partial charge < -0.3 is 24.0 Å². The summed E-state index contributed by atoms with van der Waals surface area (Å²) in [5, 5.41) is 0. The average Bonchev–Trinajstić information content (AvgIpc) is 2.98. The number of pyridine rings is 1. The van der Waals surface area contributed by atoms with Crippen LogP contribution < -0.4 is 19.3 Å². The standard InChI is InChI=1S/C30H28BrN3O4.C2H6/c1-33(26-13-12-24(31)16-28(26)34(21-35)25-19-36-20-25)27-14-15-29(37-17-22-8-4-2-5-9-22)32-30(27)38-18-23-10-6-3-7-11-23;1-2/h2-16,21,25H,17-20H2,1H3;1-2H3. The van der Waals surface area contributed by atoms with E-state index in [1.54, 1.807) is 4.90 Å². The average molecular weight is 605 g/mol. The van der Waals surface area contributed by atoms with Gasteiger partial charge >= 0.3 is 0 Å². The van der Waals surface area contributed by atoms with E-state index in [0.29, 0.717) is 38.2 Å². The predicted octanol–water partition coefficient (Wildman–Crippen LogP) is 7.16. The molecule has 0 spiro atoms. The highest BCUT2D eigenvalue weighted by molar-refractivity contribution is 9.10. The zero-order chi connectivity index (χ0) is 28.3. The van der Waals surface area contributed by atoms with Crippen LogP contribution in [0.15, 0.2) is 95.5 Å². The molecular formula is C32H34BrN3O4. The number of hydrogen-bond donors (Lipinski definition) is 0. The molecule has 4 aromatic rings. The van der Waals surface area contributed by atoms with Crippen molar-refractivity contribution >= 4 is 39.4 Å². The monoisotopic (exact) mass is 603 g/mol. The minimum Gasteiger partial charge on any atom is -0.473 e. The summed E-state index contributed by atoms with van der Waals surface area (Å²) in [5.74, 6) is 0.895. The molecule has 40 heavy (non-hydrogen) atoms. The van der Waals surface area contributed by atoms with Gasteiger partial charge in [0, 0.05) is 17.6 Å². The number of halogens is 1. The van der Waals surface area contributed by atoms with Crippen molar-refractivity contribution in [2.45, 2.75) is 33.1 Å². The normalized spacial score (nSPS) is 12.4. The van der Waals surface area contributed by atoms with Gasteiger partial charge in [-0.1, -0.05) is 90.4 Å². The highest BCUT2D eigenvalue weighted by Gasteiger charge is 2.29. The molecule has 0 radical (unpaired) electrons. The lowest BCUT2D eigenvalue weighted by atomic mass is 10.1. The second kappa shape index (κ2) is 14.5. The Balaban J connectivity index is 0.00000181. The fourth-order valence-electron chi connectivity index (χ4n) is 4.16. The van der Waals surface area contributed by atoms with Gasteiger partial charge in [0.25, 0.3) is 0 Å². The number of benzene rings is 3. The summed E-state index contributed by atoms with van der Waals surface area (Å²) in [6.07, 6.45) is 0.859. The predicted molar refractivity (Wildman–Crippen MR) is 162 cm³/mol. The van der Waals surface area contributed by atoms with E-state index in [-0.39, 0.29) is 6.04 Å². The van der Waals surface area contributed by atoms with Crippen LogP contribution in [-0.4, -0.2) is 37.7 Å². The van der Waals surface area contributed by atoms with Gasteiger partial charge in [-0.2, -0.15) is 4.98 Å². The van der Waals surface area contributed by atoms with Crippen LogP contribution >= 0.6 is 15.9 Å². The molecule has 5 rings (SSSR count). The molecule has 2 heterocycles. The quantitative estimate of drug-likeness (QED) is 0.169. The highest BCUT2D eigenvalue weighted by atomic mass is 79.9. The first-order chi connectivity index (χ1) is 19.6. The SMILES string of the molecule is CC.CN(c1ccc(Br)cc1N(C=O)C1COC1)c1ccc(OCc2ccccc2)nc1OCc1ccccc1. The van der Waals surface area contributed by atoms with E-state index in [1.807, 2.05) is 117 Å². The largest absolute Gasteiger partial charge is 0.473 e. The van der Waals surface area contributed by atoms with Crippen molar-refractivity contribution in [3.05, 3.63) is 107 Å². The molecule has 1 fully saturated rings. The van der Waals surface area contributed by atoms with Crippen LogP contribution in [0.4, 0.5) is 17.1 Å². The van der Waals surface area contributed by atoms with E-state index in [9.17, 15) is 4.79 Å². The number of amides is 1.